The lowest BCUT2D eigenvalue weighted by atomic mass is 10.2. The van der Waals surface area contributed by atoms with Crippen LogP contribution in [0.25, 0.3) is 0 Å². The summed E-state index contributed by atoms with van der Waals surface area (Å²) in [4.78, 5) is 0. The van der Waals surface area contributed by atoms with Crippen molar-refractivity contribution in [2.75, 3.05) is 13.7 Å². The topological polar surface area (TPSA) is 30.5 Å². The van der Waals surface area contributed by atoms with E-state index in [-0.39, 0.29) is 0 Å². The zero-order valence-electron chi connectivity index (χ0n) is 13.1. The highest BCUT2D eigenvalue weighted by Crippen LogP contribution is 2.37. The van der Waals surface area contributed by atoms with Gasteiger partial charge in [-0.25, -0.2) is 0 Å². The summed E-state index contributed by atoms with van der Waals surface area (Å²) in [5.41, 5.74) is 1.23. The Morgan fingerprint density at radius 2 is 2.05 bits per heavy atom. The monoisotopic (exact) mass is 355 g/mol. The van der Waals surface area contributed by atoms with Crippen molar-refractivity contribution < 1.29 is 9.47 Å². The van der Waals surface area contributed by atoms with E-state index in [2.05, 4.69) is 40.3 Å². The molecule has 4 heteroatoms. The van der Waals surface area contributed by atoms with Crippen LogP contribution in [0.15, 0.2) is 16.6 Å². The molecule has 1 saturated carbocycles. The van der Waals surface area contributed by atoms with Crippen LogP contribution in [-0.4, -0.2) is 19.8 Å². The van der Waals surface area contributed by atoms with Crippen molar-refractivity contribution in [2.45, 2.75) is 58.0 Å². The van der Waals surface area contributed by atoms with Gasteiger partial charge in [-0.2, -0.15) is 0 Å². The fraction of sp³-hybridized carbons (Fsp3) is 0.647. The van der Waals surface area contributed by atoms with Crippen LogP contribution in [0, 0.1) is 0 Å². The van der Waals surface area contributed by atoms with Gasteiger partial charge >= 0.3 is 0 Å². The Bertz CT molecular complexity index is 447. The molecule has 118 valence electrons. The third-order valence-corrected chi connectivity index (χ3v) is 4.29. The van der Waals surface area contributed by atoms with Gasteiger partial charge in [-0.1, -0.05) is 26.2 Å². The first-order valence-electron chi connectivity index (χ1n) is 7.97. The summed E-state index contributed by atoms with van der Waals surface area (Å²) in [5, 5.41) is 3.52. The first kappa shape index (κ1) is 16.6. The molecule has 1 fully saturated rings. The predicted octanol–water partition coefficient (Wildman–Crippen LogP) is 4.67. The summed E-state index contributed by atoms with van der Waals surface area (Å²) in [5.74, 6) is 1.64. The van der Waals surface area contributed by atoms with Crippen molar-refractivity contribution in [2.24, 2.45) is 0 Å². The molecule has 1 aromatic carbocycles. The number of methoxy groups -OCH3 is 1. The van der Waals surface area contributed by atoms with Crippen molar-refractivity contribution in [3.05, 3.63) is 22.2 Å². The Morgan fingerprint density at radius 3 is 2.71 bits per heavy atom. The van der Waals surface area contributed by atoms with Gasteiger partial charge in [0.15, 0.2) is 11.5 Å². The van der Waals surface area contributed by atoms with Gasteiger partial charge in [-0.05, 0) is 52.9 Å². The van der Waals surface area contributed by atoms with Crippen LogP contribution in [0.5, 0.6) is 11.5 Å². The summed E-state index contributed by atoms with van der Waals surface area (Å²) in [6, 6.07) is 4.91. The predicted molar refractivity (Wildman–Crippen MR) is 90.2 cm³/mol. The summed E-state index contributed by atoms with van der Waals surface area (Å²) >= 11 is 3.61. The van der Waals surface area contributed by atoms with E-state index in [1.807, 2.05) is 0 Å². The summed E-state index contributed by atoms with van der Waals surface area (Å²) in [6.45, 7) is 3.85. The Hall–Kier alpha value is -0.740. The lowest BCUT2D eigenvalue weighted by molar-refractivity contribution is 0.283. The first-order chi connectivity index (χ1) is 10.2. The third-order valence-electron chi connectivity index (χ3n) is 3.71. The largest absolute Gasteiger partial charge is 0.493 e. The molecule has 0 aliphatic heterocycles. The average molecular weight is 356 g/mol. The molecular formula is C17H26BrNO2. The zero-order valence-corrected chi connectivity index (χ0v) is 14.7. The molecule has 0 aromatic heterocycles. The van der Waals surface area contributed by atoms with Gasteiger partial charge in [-0.15, -0.1) is 0 Å². The zero-order chi connectivity index (χ0) is 15.1. The number of halogens is 1. The molecule has 0 radical (unpaired) electrons. The lowest BCUT2D eigenvalue weighted by Gasteiger charge is -2.14. The number of ether oxygens (including phenoxy) is 2. The van der Waals surface area contributed by atoms with Crippen LogP contribution in [0.4, 0.5) is 0 Å². The maximum Gasteiger partial charge on any atom is 0.175 e. The molecule has 3 nitrogen and oxygen atoms in total. The molecule has 0 spiro atoms. The van der Waals surface area contributed by atoms with E-state index < -0.39 is 0 Å². The Kier molecular flexibility index (Phi) is 6.84. The molecule has 0 bridgehead atoms. The number of rotatable bonds is 10. The third kappa shape index (κ3) is 5.51. The standard InChI is InChI=1S/C17H26BrNO2/c1-3-4-5-6-9-21-17-15(18)10-13(11-16(17)20-2)12-19-14-7-8-14/h10-11,14,19H,3-9,12H2,1-2H3. The van der Waals surface area contributed by atoms with E-state index in [4.69, 9.17) is 9.47 Å². The fourth-order valence-electron chi connectivity index (χ4n) is 2.27. The summed E-state index contributed by atoms with van der Waals surface area (Å²) in [7, 11) is 1.70. The number of hydrogen-bond donors (Lipinski definition) is 1. The number of nitrogens with one attached hydrogen (secondary N) is 1. The van der Waals surface area contributed by atoms with Crippen molar-refractivity contribution >= 4 is 15.9 Å². The van der Waals surface area contributed by atoms with Gasteiger partial charge in [0.2, 0.25) is 0 Å². The van der Waals surface area contributed by atoms with E-state index in [9.17, 15) is 0 Å². The Labute approximate surface area is 136 Å². The second-order valence-corrected chi connectivity index (χ2v) is 6.53. The van der Waals surface area contributed by atoms with Gasteiger partial charge in [0.1, 0.15) is 0 Å². The molecule has 1 aliphatic carbocycles. The quantitative estimate of drug-likeness (QED) is 0.618. The van der Waals surface area contributed by atoms with Crippen molar-refractivity contribution in [1.82, 2.24) is 5.32 Å². The van der Waals surface area contributed by atoms with E-state index in [0.717, 1.165) is 35.5 Å². The fourth-order valence-corrected chi connectivity index (χ4v) is 2.87. The summed E-state index contributed by atoms with van der Waals surface area (Å²) < 4.78 is 12.4. The highest BCUT2D eigenvalue weighted by atomic mass is 79.9. The number of unbranched alkanes of at least 4 members (excludes halogenated alkanes) is 3. The number of hydrogen-bond acceptors (Lipinski definition) is 3. The van der Waals surface area contributed by atoms with Crippen LogP contribution < -0.4 is 14.8 Å². The molecule has 0 heterocycles. The maximum atomic E-state index is 5.91. The Balaban J connectivity index is 1.91. The van der Waals surface area contributed by atoms with Crippen LogP contribution in [0.1, 0.15) is 51.0 Å². The van der Waals surface area contributed by atoms with Gasteiger partial charge < -0.3 is 14.8 Å². The van der Waals surface area contributed by atoms with Crippen molar-refractivity contribution in [3.63, 3.8) is 0 Å². The average Bonchev–Trinajstić information content (AvgIpc) is 3.30. The van der Waals surface area contributed by atoms with Crippen LogP contribution in [-0.2, 0) is 6.54 Å². The van der Waals surface area contributed by atoms with Gasteiger partial charge in [0.05, 0.1) is 18.2 Å². The van der Waals surface area contributed by atoms with Crippen LogP contribution >= 0.6 is 15.9 Å². The second kappa shape index (κ2) is 8.64. The first-order valence-corrected chi connectivity index (χ1v) is 8.76. The number of benzene rings is 1. The molecule has 0 atom stereocenters. The second-order valence-electron chi connectivity index (χ2n) is 5.67. The molecule has 0 unspecified atom stereocenters. The van der Waals surface area contributed by atoms with Crippen molar-refractivity contribution in [3.8, 4) is 11.5 Å². The molecule has 1 aliphatic rings. The molecular weight excluding hydrogens is 330 g/mol. The SMILES string of the molecule is CCCCCCOc1c(Br)cc(CNC2CC2)cc1OC. The Morgan fingerprint density at radius 1 is 1.24 bits per heavy atom. The smallest absolute Gasteiger partial charge is 0.175 e. The highest BCUT2D eigenvalue weighted by molar-refractivity contribution is 9.10. The minimum absolute atomic E-state index is 0.712. The van der Waals surface area contributed by atoms with E-state index in [0.29, 0.717) is 6.04 Å². The van der Waals surface area contributed by atoms with E-state index in [1.54, 1.807) is 7.11 Å². The minimum Gasteiger partial charge on any atom is -0.493 e. The molecule has 21 heavy (non-hydrogen) atoms. The van der Waals surface area contributed by atoms with Gasteiger partial charge in [0, 0.05) is 12.6 Å². The van der Waals surface area contributed by atoms with Crippen molar-refractivity contribution in [1.29, 1.82) is 0 Å². The van der Waals surface area contributed by atoms with Crippen LogP contribution in [0.2, 0.25) is 0 Å². The van der Waals surface area contributed by atoms with Crippen LogP contribution in [0.3, 0.4) is 0 Å². The molecule has 0 amide bonds. The molecule has 2 rings (SSSR count). The van der Waals surface area contributed by atoms with Gasteiger partial charge in [0.25, 0.3) is 0 Å². The molecule has 0 saturated heterocycles. The maximum absolute atomic E-state index is 5.91. The van der Waals surface area contributed by atoms with E-state index >= 15 is 0 Å². The molecule has 1 aromatic rings. The molecule has 1 N–H and O–H groups in total. The lowest BCUT2D eigenvalue weighted by Crippen LogP contribution is -2.15. The normalized spacial score (nSPS) is 14.2. The highest BCUT2D eigenvalue weighted by Gasteiger charge is 2.20. The van der Waals surface area contributed by atoms with E-state index in [1.165, 1.54) is 37.7 Å². The minimum atomic E-state index is 0.712. The van der Waals surface area contributed by atoms with Gasteiger partial charge in [-0.3, -0.25) is 0 Å². The summed E-state index contributed by atoms with van der Waals surface area (Å²) in [6.07, 6.45) is 7.44.